The Balaban J connectivity index is 2.64. The Morgan fingerprint density at radius 2 is 1.86 bits per heavy atom. The maximum atomic E-state index is 11.5. The van der Waals surface area contributed by atoms with Crippen LogP contribution in [0.4, 0.5) is 4.79 Å². The van der Waals surface area contributed by atoms with Crippen LogP contribution in [0.3, 0.4) is 0 Å². The van der Waals surface area contributed by atoms with Crippen LogP contribution in [0.1, 0.15) is 6.42 Å². The highest BCUT2D eigenvalue weighted by atomic mass is 32.2. The van der Waals surface area contributed by atoms with E-state index in [0.29, 0.717) is 6.42 Å². The minimum Gasteiger partial charge on any atom is -0.331 e. The second-order valence-electron chi connectivity index (χ2n) is 3.84. The lowest BCUT2D eigenvalue weighted by Gasteiger charge is -2.26. The van der Waals surface area contributed by atoms with Crippen molar-refractivity contribution in [2.24, 2.45) is 0 Å². The molecule has 1 rings (SSSR count). The molecule has 1 heterocycles. The molecule has 0 radical (unpaired) electrons. The van der Waals surface area contributed by atoms with Crippen molar-refractivity contribution in [1.82, 2.24) is 9.80 Å². The van der Waals surface area contributed by atoms with Crippen LogP contribution < -0.4 is 0 Å². The van der Waals surface area contributed by atoms with Gasteiger partial charge >= 0.3 is 6.03 Å². The second kappa shape index (κ2) is 3.76. The molecule has 5 nitrogen and oxygen atoms in total. The van der Waals surface area contributed by atoms with E-state index in [0.717, 1.165) is 0 Å². The third-order valence-corrected chi connectivity index (χ3v) is 4.19. The summed E-state index contributed by atoms with van der Waals surface area (Å²) in [6, 6.07) is -0.304. The van der Waals surface area contributed by atoms with Gasteiger partial charge in [0.15, 0.2) is 9.84 Å². The average molecular weight is 220 g/mol. The molecule has 0 aromatic heterocycles. The first-order valence-corrected chi connectivity index (χ1v) is 6.30. The van der Waals surface area contributed by atoms with Gasteiger partial charge in [0, 0.05) is 27.2 Å². The normalized spacial score (nSPS) is 24.6. The summed E-state index contributed by atoms with van der Waals surface area (Å²) >= 11 is 0. The molecule has 0 aromatic rings. The summed E-state index contributed by atoms with van der Waals surface area (Å²) in [7, 11) is 2.04. The number of amides is 2. The molecule has 0 N–H and O–H groups in total. The molecule has 6 heteroatoms. The molecular formula is C8H16N2O3S. The molecule has 0 unspecified atom stereocenters. The monoisotopic (exact) mass is 220 g/mol. The van der Waals surface area contributed by atoms with Crippen LogP contribution in [-0.2, 0) is 9.84 Å². The highest BCUT2D eigenvalue weighted by Crippen LogP contribution is 2.16. The Morgan fingerprint density at radius 1 is 1.29 bits per heavy atom. The topological polar surface area (TPSA) is 57.7 Å². The lowest BCUT2D eigenvalue weighted by atomic mass is 10.2. The maximum absolute atomic E-state index is 11.5. The Labute approximate surface area is 84.6 Å². The number of carbonyl (C=O) groups excluding carboxylic acids is 1. The van der Waals surface area contributed by atoms with Crippen molar-refractivity contribution in [3.63, 3.8) is 0 Å². The largest absolute Gasteiger partial charge is 0.331 e. The Bertz CT molecular complexity index is 323. The molecule has 0 bridgehead atoms. The zero-order valence-corrected chi connectivity index (χ0v) is 9.54. The lowest BCUT2D eigenvalue weighted by Crippen LogP contribution is -2.43. The Morgan fingerprint density at radius 3 is 2.21 bits per heavy atom. The van der Waals surface area contributed by atoms with Gasteiger partial charge in [-0.1, -0.05) is 0 Å². The Kier molecular flexibility index (Phi) is 3.04. The van der Waals surface area contributed by atoms with Gasteiger partial charge in [0.05, 0.1) is 11.5 Å². The molecule has 1 aliphatic rings. The summed E-state index contributed by atoms with van der Waals surface area (Å²) in [5.41, 5.74) is 0. The number of urea groups is 1. The first-order valence-electron chi connectivity index (χ1n) is 4.48. The predicted molar refractivity (Wildman–Crippen MR) is 53.9 cm³/mol. The fourth-order valence-corrected chi connectivity index (χ4v) is 3.33. The van der Waals surface area contributed by atoms with Crippen LogP contribution in [0.15, 0.2) is 0 Å². The number of carbonyl (C=O) groups is 1. The quantitative estimate of drug-likeness (QED) is 0.614. The van der Waals surface area contributed by atoms with Crippen molar-refractivity contribution >= 4 is 15.9 Å². The fourth-order valence-electron chi connectivity index (χ4n) is 1.55. The summed E-state index contributed by atoms with van der Waals surface area (Å²) in [4.78, 5) is 14.5. The van der Waals surface area contributed by atoms with E-state index in [4.69, 9.17) is 0 Å². The highest BCUT2D eigenvalue weighted by Gasteiger charge is 2.33. The van der Waals surface area contributed by atoms with Gasteiger partial charge in [0.1, 0.15) is 0 Å². The highest BCUT2D eigenvalue weighted by molar-refractivity contribution is 7.91. The minimum atomic E-state index is -2.91. The summed E-state index contributed by atoms with van der Waals surface area (Å²) in [6.07, 6.45) is 0.554. The van der Waals surface area contributed by atoms with Crippen LogP contribution >= 0.6 is 0 Å². The second-order valence-corrected chi connectivity index (χ2v) is 6.07. The molecule has 1 aliphatic heterocycles. The van der Waals surface area contributed by atoms with Crippen LogP contribution in [0.2, 0.25) is 0 Å². The molecule has 0 saturated carbocycles. The molecule has 14 heavy (non-hydrogen) atoms. The molecule has 2 amide bonds. The van der Waals surface area contributed by atoms with Crippen LogP contribution in [0, 0.1) is 0 Å². The average Bonchev–Trinajstić information content (AvgIpc) is 2.43. The van der Waals surface area contributed by atoms with Crippen molar-refractivity contribution in [2.45, 2.75) is 12.5 Å². The van der Waals surface area contributed by atoms with E-state index in [2.05, 4.69) is 0 Å². The number of rotatable bonds is 1. The number of hydrogen-bond donors (Lipinski definition) is 0. The predicted octanol–water partition coefficient (Wildman–Crippen LogP) is -0.213. The molecule has 1 fully saturated rings. The zero-order valence-electron chi connectivity index (χ0n) is 8.73. The van der Waals surface area contributed by atoms with Gasteiger partial charge in [-0.3, -0.25) is 0 Å². The number of hydrogen-bond acceptors (Lipinski definition) is 3. The van der Waals surface area contributed by atoms with Crippen molar-refractivity contribution in [3.05, 3.63) is 0 Å². The molecule has 0 aromatic carbocycles. The molecule has 0 spiro atoms. The van der Waals surface area contributed by atoms with Gasteiger partial charge in [-0.2, -0.15) is 0 Å². The van der Waals surface area contributed by atoms with Gasteiger partial charge in [-0.05, 0) is 6.42 Å². The van der Waals surface area contributed by atoms with E-state index in [9.17, 15) is 13.2 Å². The third-order valence-electron chi connectivity index (χ3n) is 2.44. The third kappa shape index (κ3) is 2.37. The van der Waals surface area contributed by atoms with Crippen LogP contribution in [-0.4, -0.2) is 62.9 Å². The standard InChI is InChI=1S/C8H16N2O3S/c1-9(2)8(11)10(3)7-4-5-14(12,13)6-7/h7H,4-6H2,1-3H3/t7-/m1/s1. The molecular weight excluding hydrogens is 204 g/mol. The van der Waals surface area contributed by atoms with Gasteiger partial charge in [0.2, 0.25) is 0 Å². The summed E-state index contributed by atoms with van der Waals surface area (Å²) in [6.45, 7) is 0. The molecule has 0 aliphatic carbocycles. The molecule has 82 valence electrons. The van der Waals surface area contributed by atoms with Crippen molar-refractivity contribution in [1.29, 1.82) is 0 Å². The summed E-state index contributed by atoms with van der Waals surface area (Å²) in [5.74, 6) is 0.297. The van der Waals surface area contributed by atoms with E-state index in [1.807, 2.05) is 0 Å². The van der Waals surface area contributed by atoms with E-state index >= 15 is 0 Å². The van der Waals surface area contributed by atoms with E-state index in [1.54, 1.807) is 21.1 Å². The van der Waals surface area contributed by atoms with Crippen molar-refractivity contribution in [3.8, 4) is 0 Å². The fraction of sp³-hybridized carbons (Fsp3) is 0.875. The van der Waals surface area contributed by atoms with Crippen LogP contribution in [0.5, 0.6) is 0 Å². The van der Waals surface area contributed by atoms with Crippen molar-refractivity contribution < 1.29 is 13.2 Å². The smallest absolute Gasteiger partial charge is 0.319 e. The minimum absolute atomic E-state index is 0.100. The van der Waals surface area contributed by atoms with E-state index in [-0.39, 0.29) is 23.6 Å². The molecule has 1 saturated heterocycles. The van der Waals surface area contributed by atoms with E-state index < -0.39 is 9.84 Å². The SMILES string of the molecule is CN(C)C(=O)N(C)[C@@H]1CCS(=O)(=O)C1. The summed E-state index contributed by atoms with van der Waals surface area (Å²) < 4.78 is 22.4. The van der Waals surface area contributed by atoms with Gasteiger partial charge in [-0.15, -0.1) is 0 Å². The number of nitrogens with zero attached hydrogens (tertiary/aromatic N) is 2. The van der Waals surface area contributed by atoms with Gasteiger partial charge in [-0.25, -0.2) is 13.2 Å². The first kappa shape index (κ1) is 11.3. The first-order chi connectivity index (χ1) is 6.33. The Hall–Kier alpha value is -0.780. The maximum Gasteiger partial charge on any atom is 0.319 e. The van der Waals surface area contributed by atoms with Gasteiger partial charge in [0.25, 0.3) is 0 Å². The molecule has 1 atom stereocenters. The zero-order chi connectivity index (χ0) is 10.9. The van der Waals surface area contributed by atoms with Crippen molar-refractivity contribution in [2.75, 3.05) is 32.6 Å². The summed E-state index contributed by atoms with van der Waals surface area (Å²) in [5, 5.41) is 0. The van der Waals surface area contributed by atoms with Crippen LogP contribution in [0.25, 0.3) is 0 Å². The van der Waals surface area contributed by atoms with E-state index in [1.165, 1.54) is 9.80 Å². The number of sulfone groups is 1. The lowest BCUT2D eigenvalue weighted by molar-refractivity contribution is 0.168. The van der Waals surface area contributed by atoms with Gasteiger partial charge < -0.3 is 9.80 Å².